The van der Waals surface area contributed by atoms with E-state index in [1.807, 2.05) is 0 Å². The number of rotatable bonds is 4. The van der Waals surface area contributed by atoms with Crippen LogP contribution in [-0.4, -0.2) is 39.3 Å². The van der Waals surface area contributed by atoms with Crippen LogP contribution in [0.25, 0.3) is 0 Å². The van der Waals surface area contributed by atoms with Crippen molar-refractivity contribution in [3.05, 3.63) is 24.0 Å². The molecule has 0 bridgehead atoms. The summed E-state index contributed by atoms with van der Waals surface area (Å²) < 4.78 is 42.6. The number of carbonyl (C=O) groups is 1. The Morgan fingerprint density at radius 3 is 2.67 bits per heavy atom. The Morgan fingerprint density at radius 2 is 2.05 bits per heavy atom. The fraction of sp³-hybridized carbons (Fsp3) is 0.462. The van der Waals surface area contributed by atoms with Crippen LogP contribution in [0.5, 0.6) is 0 Å². The summed E-state index contributed by atoms with van der Waals surface area (Å²) >= 11 is 0. The highest BCUT2D eigenvalue weighted by Gasteiger charge is 2.23. The summed E-state index contributed by atoms with van der Waals surface area (Å²) in [4.78, 5) is 11.5. The van der Waals surface area contributed by atoms with Crippen molar-refractivity contribution in [2.75, 3.05) is 24.7 Å². The van der Waals surface area contributed by atoms with E-state index in [1.165, 1.54) is 12.1 Å². The zero-order valence-corrected chi connectivity index (χ0v) is 12.2. The van der Waals surface area contributed by atoms with Crippen LogP contribution in [0, 0.1) is 5.82 Å². The van der Waals surface area contributed by atoms with E-state index in [-0.39, 0.29) is 16.6 Å². The lowest BCUT2D eigenvalue weighted by atomic mass is 10.1. The molecule has 8 heteroatoms. The maximum Gasteiger partial charge on any atom is 0.235 e. The summed E-state index contributed by atoms with van der Waals surface area (Å²) in [6, 6.07) is 3.10. The molecular weight excluding hydrogens is 299 g/mol. The number of hydrogen-bond donors (Lipinski definition) is 2. The lowest BCUT2D eigenvalue weighted by Crippen LogP contribution is -2.41. The Kier molecular flexibility index (Phi) is 4.79. The molecule has 1 saturated heterocycles. The summed E-state index contributed by atoms with van der Waals surface area (Å²) in [5.74, 6) is -2.13. The number of anilines is 1. The Balaban J connectivity index is 2.02. The van der Waals surface area contributed by atoms with Gasteiger partial charge in [-0.25, -0.2) is 12.8 Å². The number of ether oxygens (including phenoxy) is 1. The normalized spacial score (nSPS) is 16.6. The molecule has 0 radical (unpaired) electrons. The van der Waals surface area contributed by atoms with Gasteiger partial charge < -0.3 is 15.8 Å². The average molecular weight is 316 g/mol. The number of sulfone groups is 1. The second kappa shape index (κ2) is 6.40. The van der Waals surface area contributed by atoms with E-state index >= 15 is 0 Å². The Labute approximate surface area is 122 Å². The van der Waals surface area contributed by atoms with Crippen LogP contribution < -0.4 is 11.1 Å². The van der Waals surface area contributed by atoms with Crippen LogP contribution in [0.1, 0.15) is 12.8 Å². The molecule has 1 aromatic rings. The van der Waals surface area contributed by atoms with Gasteiger partial charge in [0, 0.05) is 19.3 Å². The molecule has 0 saturated carbocycles. The zero-order valence-electron chi connectivity index (χ0n) is 11.3. The van der Waals surface area contributed by atoms with Gasteiger partial charge in [-0.05, 0) is 31.0 Å². The molecule has 0 spiro atoms. The Morgan fingerprint density at radius 1 is 1.38 bits per heavy atom. The molecule has 1 aliphatic rings. The lowest BCUT2D eigenvalue weighted by molar-refractivity contribution is -0.119. The van der Waals surface area contributed by atoms with E-state index in [1.54, 1.807) is 0 Å². The van der Waals surface area contributed by atoms with Crippen LogP contribution in [0.15, 0.2) is 23.1 Å². The third kappa shape index (κ3) is 4.15. The second-order valence-corrected chi connectivity index (χ2v) is 6.89. The van der Waals surface area contributed by atoms with E-state index in [9.17, 15) is 17.6 Å². The number of nitrogens with one attached hydrogen (secondary N) is 1. The number of amides is 1. The van der Waals surface area contributed by atoms with Crippen molar-refractivity contribution in [2.45, 2.75) is 23.8 Å². The van der Waals surface area contributed by atoms with E-state index < -0.39 is 27.3 Å². The van der Waals surface area contributed by atoms with Gasteiger partial charge in [0.25, 0.3) is 0 Å². The van der Waals surface area contributed by atoms with Crippen molar-refractivity contribution in [3.8, 4) is 0 Å². The molecule has 1 amide bonds. The molecule has 1 heterocycles. The summed E-state index contributed by atoms with van der Waals surface area (Å²) in [5, 5.41) is 2.65. The third-order valence-electron chi connectivity index (χ3n) is 3.24. The van der Waals surface area contributed by atoms with Crippen LogP contribution in [-0.2, 0) is 19.4 Å². The number of hydrogen-bond acceptors (Lipinski definition) is 5. The molecule has 6 nitrogen and oxygen atoms in total. The summed E-state index contributed by atoms with van der Waals surface area (Å²) in [6.45, 7) is 1.09. The van der Waals surface area contributed by atoms with Gasteiger partial charge in [0.1, 0.15) is 11.6 Å². The van der Waals surface area contributed by atoms with Crippen molar-refractivity contribution < 1.29 is 22.3 Å². The highest BCUT2D eigenvalue weighted by molar-refractivity contribution is 7.92. The quantitative estimate of drug-likeness (QED) is 0.787. The van der Waals surface area contributed by atoms with E-state index in [0.29, 0.717) is 26.1 Å². The van der Waals surface area contributed by atoms with Gasteiger partial charge in [-0.2, -0.15) is 0 Å². The first-order valence-electron chi connectivity index (χ1n) is 6.53. The van der Waals surface area contributed by atoms with Gasteiger partial charge >= 0.3 is 0 Å². The fourth-order valence-corrected chi connectivity index (χ4v) is 3.22. The first-order chi connectivity index (χ1) is 9.88. The smallest absolute Gasteiger partial charge is 0.235 e. The summed E-state index contributed by atoms with van der Waals surface area (Å²) in [5.41, 5.74) is 5.16. The first kappa shape index (κ1) is 15.7. The summed E-state index contributed by atoms with van der Waals surface area (Å²) in [6.07, 6.45) is 1.31. The minimum atomic E-state index is -3.89. The molecule has 0 aliphatic carbocycles. The second-order valence-electron chi connectivity index (χ2n) is 4.90. The Hall–Kier alpha value is -1.67. The van der Waals surface area contributed by atoms with Crippen LogP contribution in [0.2, 0.25) is 0 Å². The molecular formula is C13H17FN2O4S. The molecule has 116 valence electrons. The molecule has 0 aromatic heterocycles. The number of carbonyl (C=O) groups excluding carboxylic acids is 1. The molecule has 1 fully saturated rings. The number of halogens is 1. The molecule has 1 aliphatic heterocycles. The zero-order chi connectivity index (χ0) is 15.5. The van der Waals surface area contributed by atoms with Crippen molar-refractivity contribution in [2.24, 2.45) is 0 Å². The standard InChI is InChI=1S/C13H17FN2O4S/c14-11-7-10(1-2-12(11)15)21(18,19)8-13(17)16-9-3-5-20-6-4-9/h1-2,7,9H,3-6,8,15H2,(H,16,17). The predicted molar refractivity (Wildman–Crippen MR) is 74.8 cm³/mol. The maximum atomic E-state index is 13.3. The SMILES string of the molecule is Nc1ccc(S(=O)(=O)CC(=O)NC2CCOCC2)cc1F. The van der Waals surface area contributed by atoms with Crippen molar-refractivity contribution in [3.63, 3.8) is 0 Å². The topological polar surface area (TPSA) is 98.5 Å². The number of benzene rings is 1. The van der Waals surface area contributed by atoms with Crippen molar-refractivity contribution >= 4 is 21.4 Å². The van der Waals surface area contributed by atoms with Crippen LogP contribution in [0.3, 0.4) is 0 Å². The minimum absolute atomic E-state index is 0.0791. The fourth-order valence-electron chi connectivity index (χ4n) is 2.07. The van der Waals surface area contributed by atoms with E-state index in [2.05, 4.69) is 5.32 Å². The minimum Gasteiger partial charge on any atom is -0.396 e. The molecule has 0 unspecified atom stereocenters. The highest BCUT2D eigenvalue weighted by atomic mass is 32.2. The van der Waals surface area contributed by atoms with Crippen LogP contribution >= 0.6 is 0 Å². The van der Waals surface area contributed by atoms with Crippen LogP contribution in [0.4, 0.5) is 10.1 Å². The monoisotopic (exact) mass is 316 g/mol. The third-order valence-corrected chi connectivity index (χ3v) is 4.85. The predicted octanol–water partition coefficient (Wildman–Crippen LogP) is 0.477. The van der Waals surface area contributed by atoms with Gasteiger partial charge in [-0.3, -0.25) is 4.79 Å². The highest BCUT2D eigenvalue weighted by Crippen LogP contribution is 2.17. The summed E-state index contributed by atoms with van der Waals surface area (Å²) in [7, 11) is -3.89. The molecule has 21 heavy (non-hydrogen) atoms. The molecule has 2 rings (SSSR count). The maximum absolute atomic E-state index is 13.3. The largest absolute Gasteiger partial charge is 0.396 e. The van der Waals surface area contributed by atoms with Gasteiger partial charge in [0.2, 0.25) is 5.91 Å². The molecule has 1 aromatic carbocycles. The van der Waals surface area contributed by atoms with Gasteiger partial charge in [0.05, 0.1) is 10.6 Å². The van der Waals surface area contributed by atoms with Gasteiger partial charge in [-0.15, -0.1) is 0 Å². The first-order valence-corrected chi connectivity index (χ1v) is 8.18. The van der Waals surface area contributed by atoms with Crippen molar-refractivity contribution in [1.82, 2.24) is 5.32 Å². The lowest BCUT2D eigenvalue weighted by Gasteiger charge is -2.23. The van der Waals surface area contributed by atoms with E-state index in [0.717, 1.165) is 6.07 Å². The van der Waals surface area contributed by atoms with E-state index in [4.69, 9.17) is 10.5 Å². The van der Waals surface area contributed by atoms with Crippen molar-refractivity contribution in [1.29, 1.82) is 0 Å². The molecule has 3 N–H and O–H groups in total. The number of nitrogens with two attached hydrogens (primary N) is 1. The molecule has 0 atom stereocenters. The average Bonchev–Trinajstić information content (AvgIpc) is 2.42. The van der Waals surface area contributed by atoms with Gasteiger partial charge in [-0.1, -0.05) is 0 Å². The Bertz CT molecular complexity index is 627. The number of nitrogen functional groups attached to an aromatic ring is 1. The van der Waals surface area contributed by atoms with Gasteiger partial charge in [0.15, 0.2) is 9.84 Å².